The lowest BCUT2D eigenvalue weighted by Gasteiger charge is -2.14. The molecule has 6 nitrogen and oxygen atoms in total. The number of carbonyl (C=O) groups excluding carboxylic acids is 2. The zero-order valence-corrected chi connectivity index (χ0v) is 14.7. The van der Waals surface area contributed by atoms with Gasteiger partial charge >= 0.3 is 5.97 Å². The van der Waals surface area contributed by atoms with Gasteiger partial charge in [-0.05, 0) is 38.1 Å². The average molecular weight is 352 g/mol. The molecule has 0 bridgehead atoms. The minimum Gasteiger partial charge on any atom is -0.493 e. The monoisotopic (exact) mass is 352 g/mol. The molecule has 134 valence electrons. The molecule has 0 saturated heterocycles. The summed E-state index contributed by atoms with van der Waals surface area (Å²) in [6.07, 6.45) is -0.950. The summed E-state index contributed by atoms with van der Waals surface area (Å²) in [6.45, 7) is 3.61. The Morgan fingerprint density at radius 1 is 1.15 bits per heavy atom. The Kier molecular flexibility index (Phi) is 6.75. The van der Waals surface area contributed by atoms with E-state index in [9.17, 15) is 9.59 Å². The summed E-state index contributed by atoms with van der Waals surface area (Å²) in [7, 11) is 0. The van der Waals surface area contributed by atoms with Gasteiger partial charge in [0.1, 0.15) is 11.8 Å². The van der Waals surface area contributed by atoms with Crippen molar-refractivity contribution in [1.82, 2.24) is 0 Å². The molecular formula is C20H20N2O4. The van der Waals surface area contributed by atoms with Gasteiger partial charge in [0, 0.05) is 0 Å². The number of carbonyl (C=O) groups is 2. The fourth-order valence-electron chi connectivity index (χ4n) is 2.12. The highest BCUT2D eigenvalue weighted by atomic mass is 16.5. The minimum atomic E-state index is -0.978. The molecule has 1 atom stereocenters. The number of rotatable bonds is 7. The molecule has 26 heavy (non-hydrogen) atoms. The Balaban J connectivity index is 1.78. The van der Waals surface area contributed by atoms with Gasteiger partial charge in [-0.2, -0.15) is 5.26 Å². The Bertz CT molecular complexity index is 809. The number of esters is 1. The molecular weight excluding hydrogens is 332 g/mol. The standard InChI is InChI=1S/C20H20N2O4/c1-14-7-9-17(10-8-14)25-12-11-19(23)26-15(2)20(24)22-18-6-4-3-5-16(18)13-21/h3-10,15H,11-12H2,1-2H3,(H,22,24)/t15-/m0/s1. The molecule has 2 aromatic carbocycles. The first-order chi connectivity index (χ1) is 12.5. The van der Waals surface area contributed by atoms with E-state index in [4.69, 9.17) is 14.7 Å². The van der Waals surface area contributed by atoms with Crippen LogP contribution in [0, 0.1) is 18.3 Å². The second kappa shape index (κ2) is 9.23. The number of para-hydroxylation sites is 1. The second-order valence-corrected chi connectivity index (χ2v) is 5.69. The summed E-state index contributed by atoms with van der Waals surface area (Å²) in [5, 5.41) is 11.6. The molecule has 0 fully saturated rings. The highest BCUT2D eigenvalue weighted by Gasteiger charge is 2.18. The minimum absolute atomic E-state index is 0.0281. The van der Waals surface area contributed by atoms with Crippen LogP contribution in [0.15, 0.2) is 48.5 Å². The summed E-state index contributed by atoms with van der Waals surface area (Å²) in [5.74, 6) is -0.365. The molecule has 0 radical (unpaired) electrons. The smallest absolute Gasteiger partial charge is 0.310 e. The first kappa shape index (κ1) is 19.0. The summed E-state index contributed by atoms with van der Waals surface area (Å²) < 4.78 is 10.6. The van der Waals surface area contributed by atoms with Crippen molar-refractivity contribution in [2.45, 2.75) is 26.4 Å². The van der Waals surface area contributed by atoms with Gasteiger partial charge in [0.05, 0.1) is 24.3 Å². The van der Waals surface area contributed by atoms with Crippen LogP contribution in [0.25, 0.3) is 0 Å². The van der Waals surface area contributed by atoms with Crippen molar-refractivity contribution < 1.29 is 19.1 Å². The Labute approximate surface area is 152 Å². The van der Waals surface area contributed by atoms with Crippen LogP contribution in [0.1, 0.15) is 24.5 Å². The number of ether oxygens (including phenoxy) is 2. The fraction of sp³-hybridized carbons (Fsp3) is 0.250. The third kappa shape index (κ3) is 5.64. The quantitative estimate of drug-likeness (QED) is 0.773. The van der Waals surface area contributed by atoms with E-state index in [1.807, 2.05) is 37.3 Å². The van der Waals surface area contributed by atoms with E-state index in [-0.39, 0.29) is 13.0 Å². The van der Waals surface area contributed by atoms with E-state index in [0.717, 1.165) is 5.56 Å². The van der Waals surface area contributed by atoms with Gasteiger partial charge in [-0.3, -0.25) is 9.59 Å². The van der Waals surface area contributed by atoms with Crippen molar-refractivity contribution in [1.29, 1.82) is 5.26 Å². The highest BCUT2D eigenvalue weighted by Crippen LogP contribution is 2.14. The maximum atomic E-state index is 12.1. The Hall–Kier alpha value is -3.33. The van der Waals surface area contributed by atoms with Crippen LogP contribution in [0.5, 0.6) is 5.75 Å². The molecule has 0 spiro atoms. The molecule has 0 aliphatic carbocycles. The van der Waals surface area contributed by atoms with Crippen LogP contribution in [0.3, 0.4) is 0 Å². The van der Waals surface area contributed by atoms with Crippen LogP contribution in [-0.2, 0) is 14.3 Å². The number of anilines is 1. The number of hydrogen-bond acceptors (Lipinski definition) is 5. The van der Waals surface area contributed by atoms with Crippen molar-refractivity contribution in [3.8, 4) is 11.8 Å². The fourth-order valence-corrected chi connectivity index (χ4v) is 2.12. The molecule has 2 aromatic rings. The van der Waals surface area contributed by atoms with Gasteiger partial charge in [0.25, 0.3) is 5.91 Å². The maximum absolute atomic E-state index is 12.1. The van der Waals surface area contributed by atoms with Crippen molar-refractivity contribution in [3.05, 3.63) is 59.7 Å². The molecule has 1 amide bonds. The predicted molar refractivity (Wildman–Crippen MR) is 96.6 cm³/mol. The number of amides is 1. The van der Waals surface area contributed by atoms with Gasteiger partial charge in [-0.1, -0.05) is 29.8 Å². The summed E-state index contributed by atoms with van der Waals surface area (Å²) in [6, 6.07) is 16.1. The van der Waals surface area contributed by atoms with Gasteiger partial charge in [0.15, 0.2) is 6.10 Å². The van der Waals surface area contributed by atoms with Crippen LogP contribution in [0.4, 0.5) is 5.69 Å². The molecule has 0 aliphatic rings. The van der Waals surface area contributed by atoms with E-state index in [2.05, 4.69) is 5.32 Å². The molecule has 0 aliphatic heterocycles. The topological polar surface area (TPSA) is 88.4 Å². The molecule has 2 rings (SSSR count). The predicted octanol–water partition coefficient (Wildman–Crippen LogP) is 3.21. The zero-order chi connectivity index (χ0) is 18.9. The molecule has 0 saturated carbocycles. The summed E-state index contributed by atoms with van der Waals surface area (Å²) in [5.41, 5.74) is 1.84. The number of aryl methyl sites for hydroxylation is 1. The van der Waals surface area contributed by atoms with E-state index < -0.39 is 18.0 Å². The van der Waals surface area contributed by atoms with Gasteiger partial charge < -0.3 is 14.8 Å². The normalized spacial score (nSPS) is 11.1. The number of nitriles is 1. The van der Waals surface area contributed by atoms with Crippen LogP contribution in [0.2, 0.25) is 0 Å². The lowest BCUT2D eigenvalue weighted by molar-refractivity contribution is -0.153. The lowest BCUT2D eigenvalue weighted by atomic mass is 10.2. The van der Waals surface area contributed by atoms with Crippen molar-refractivity contribution in [2.24, 2.45) is 0 Å². The van der Waals surface area contributed by atoms with Crippen molar-refractivity contribution in [3.63, 3.8) is 0 Å². The number of nitrogens with zero attached hydrogens (tertiary/aromatic N) is 1. The number of benzene rings is 2. The highest BCUT2D eigenvalue weighted by molar-refractivity contribution is 5.96. The third-order valence-electron chi connectivity index (χ3n) is 3.58. The first-order valence-electron chi connectivity index (χ1n) is 8.18. The molecule has 1 N–H and O–H groups in total. The third-order valence-corrected chi connectivity index (χ3v) is 3.58. The van der Waals surface area contributed by atoms with Crippen LogP contribution >= 0.6 is 0 Å². The Morgan fingerprint density at radius 2 is 1.85 bits per heavy atom. The Morgan fingerprint density at radius 3 is 2.54 bits per heavy atom. The summed E-state index contributed by atoms with van der Waals surface area (Å²) >= 11 is 0. The molecule has 0 heterocycles. The number of nitrogens with one attached hydrogen (secondary N) is 1. The largest absolute Gasteiger partial charge is 0.493 e. The molecule has 0 unspecified atom stereocenters. The number of hydrogen-bond donors (Lipinski definition) is 1. The zero-order valence-electron chi connectivity index (χ0n) is 14.7. The van der Waals surface area contributed by atoms with Gasteiger partial charge in [-0.15, -0.1) is 0 Å². The van der Waals surface area contributed by atoms with Gasteiger partial charge in [-0.25, -0.2) is 0 Å². The average Bonchev–Trinajstić information content (AvgIpc) is 2.63. The summed E-state index contributed by atoms with van der Waals surface area (Å²) in [4.78, 5) is 24.0. The first-order valence-corrected chi connectivity index (χ1v) is 8.18. The van der Waals surface area contributed by atoms with Gasteiger partial charge in [0.2, 0.25) is 0 Å². The van der Waals surface area contributed by atoms with E-state index in [1.54, 1.807) is 24.3 Å². The lowest BCUT2D eigenvalue weighted by Crippen LogP contribution is -2.30. The van der Waals surface area contributed by atoms with Crippen LogP contribution in [-0.4, -0.2) is 24.6 Å². The SMILES string of the molecule is Cc1ccc(OCCC(=O)O[C@@H](C)C(=O)Nc2ccccc2C#N)cc1. The van der Waals surface area contributed by atoms with E-state index >= 15 is 0 Å². The van der Waals surface area contributed by atoms with Crippen molar-refractivity contribution >= 4 is 17.6 Å². The second-order valence-electron chi connectivity index (χ2n) is 5.69. The van der Waals surface area contributed by atoms with Crippen molar-refractivity contribution in [2.75, 3.05) is 11.9 Å². The molecule has 0 aromatic heterocycles. The molecule has 6 heteroatoms. The van der Waals surface area contributed by atoms with Crippen LogP contribution < -0.4 is 10.1 Å². The van der Waals surface area contributed by atoms with E-state index in [1.165, 1.54) is 6.92 Å². The van der Waals surface area contributed by atoms with E-state index in [0.29, 0.717) is 17.0 Å². The maximum Gasteiger partial charge on any atom is 0.310 e.